The molecule has 0 unspecified atom stereocenters. The molecule has 0 amide bonds. The van der Waals surface area contributed by atoms with Gasteiger partial charge < -0.3 is 0 Å². The highest BCUT2D eigenvalue weighted by molar-refractivity contribution is 8.41. The lowest BCUT2D eigenvalue weighted by Crippen LogP contribution is -1.86. The average molecular weight is 336 g/mol. The molecule has 1 fully saturated rings. The predicted octanol–water partition coefficient (Wildman–Crippen LogP) is 6.84. The Bertz CT molecular complexity index is 431. The van der Waals surface area contributed by atoms with Crippen LogP contribution in [0.3, 0.4) is 0 Å². The number of aryl methyl sites for hydroxylation is 1. The molecule has 0 aromatic heterocycles. The van der Waals surface area contributed by atoms with Gasteiger partial charge in [-0.25, -0.2) is 4.99 Å². The Morgan fingerprint density at radius 2 is 1.41 bits per heavy atom. The largest absolute Gasteiger partial charge is 0.235 e. The monoisotopic (exact) mass is 335 g/mol. The zero-order valence-electron chi connectivity index (χ0n) is 13.9. The first-order valence-corrected chi connectivity index (χ1v) is 10.8. The Balaban J connectivity index is 1.59. The van der Waals surface area contributed by atoms with Gasteiger partial charge >= 0.3 is 0 Å². The fourth-order valence-electron chi connectivity index (χ4n) is 2.67. The van der Waals surface area contributed by atoms with Crippen molar-refractivity contribution in [1.82, 2.24) is 0 Å². The third kappa shape index (κ3) is 7.23. The second kappa shape index (κ2) is 11.2. The predicted molar refractivity (Wildman–Crippen MR) is 105 cm³/mol. The number of aliphatic imine (C=N–C) groups is 1. The van der Waals surface area contributed by atoms with Crippen LogP contribution in [0.1, 0.15) is 63.9 Å². The van der Waals surface area contributed by atoms with E-state index in [-0.39, 0.29) is 0 Å². The van der Waals surface area contributed by atoms with E-state index in [4.69, 9.17) is 0 Å². The van der Waals surface area contributed by atoms with Crippen LogP contribution in [0.15, 0.2) is 29.3 Å². The summed E-state index contributed by atoms with van der Waals surface area (Å²) in [5, 5.41) is 0. The van der Waals surface area contributed by atoms with Crippen LogP contribution < -0.4 is 0 Å². The molecule has 1 aliphatic rings. The molecule has 0 radical (unpaired) electrons. The van der Waals surface area contributed by atoms with Gasteiger partial charge in [0.25, 0.3) is 0 Å². The summed E-state index contributed by atoms with van der Waals surface area (Å²) in [6.45, 7) is 2.28. The van der Waals surface area contributed by atoms with Crippen LogP contribution in [0.4, 0.5) is 5.69 Å². The van der Waals surface area contributed by atoms with E-state index in [0.717, 1.165) is 5.69 Å². The van der Waals surface area contributed by atoms with Crippen molar-refractivity contribution in [3.8, 4) is 0 Å². The molecule has 1 aliphatic heterocycles. The first-order valence-electron chi connectivity index (χ1n) is 8.81. The molecular formula is C19H29NS2. The van der Waals surface area contributed by atoms with E-state index < -0.39 is 0 Å². The molecule has 1 heterocycles. The van der Waals surface area contributed by atoms with E-state index in [2.05, 4.69) is 36.2 Å². The zero-order valence-corrected chi connectivity index (χ0v) is 15.5. The Labute approximate surface area is 144 Å². The minimum Gasteiger partial charge on any atom is -0.235 e. The summed E-state index contributed by atoms with van der Waals surface area (Å²) in [6.07, 6.45) is 12.4. The van der Waals surface area contributed by atoms with Crippen molar-refractivity contribution in [1.29, 1.82) is 0 Å². The van der Waals surface area contributed by atoms with E-state index >= 15 is 0 Å². The molecule has 0 atom stereocenters. The van der Waals surface area contributed by atoms with Crippen LogP contribution in [0, 0.1) is 0 Å². The van der Waals surface area contributed by atoms with Gasteiger partial charge in [-0.3, -0.25) is 0 Å². The highest BCUT2D eigenvalue weighted by atomic mass is 32.2. The van der Waals surface area contributed by atoms with Gasteiger partial charge in [-0.15, -0.1) is 0 Å². The van der Waals surface area contributed by atoms with Crippen molar-refractivity contribution in [3.05, 3.63) is 29.8 Å². The van der Waals surface area contributed by atoms with Crippen LogP contribution in [-0.2, 0) is 6.42 Å². The normalized spacial score (nSPS) is 14.5. The number of unbranched alkanes of at least 4 members (excludes halogenated alkanes) is 7. The molecular weight excluding hydrogens is 306 g/mol. The average Bonchev–Trinajstić information content (AvgIpc) is 3.04. The number of hydrogen-bond acceptors (Lipinski definition) is 3. The Hall–Kier alpha value is -0.410. The van der Waals surface area contributed by atoms with Crippen LogP contribution in [0.5, 0.6) is 0 Å². The Kier molecular flexibility index (Phi) is 9.11. The van der Waals surface area contributed by atoms with Crippen molar-refractivity contribution in [3.63, 3.8) is 0 Å². The lowest BCUT2D eigenvalue weighted by molar-refractivity contribution is 0.575. The molecule has 0 saturated carbocycles. The SMILES string of the molecule is CCCCCCCCCCc1ccc(N=C2SCCS2)cc1. The third-order valence-electron chi connectivity index (χ3n) is 4.01. The number of rotatable bonds is 10. The van der Waals surface area contributed by atoms with Crippen molar-refractivity contribution in [2.75, 3.05) is 11.5 Å². The van der Waals surface area contributed by atoms with Gasteiger partial charge in [0.05, 0.1) is 5.69 Å². The van der Waals surface area contributed by atoms with Gasteiger partial charge in [-0.1, -0.05) is 87.5 Å². The van der Waals surface area contributed by atoms with E-state index in [0.29, 0.717) is 0 Å². The van der Waals surface area contributed by atoms with Crippen LogP contribution >= 0.6 is 23.5 Å². The van der Waals surface area contributed by atoms with Crippen LogP contribution in [0.2, 0.25) is 0 Å². The van der Waals surface area contributed by atoms with Crippen molar-refractivity contribution in [2.45, 2.75) is 64.7 Å². The van der Waals surface area contributed by atoms with Gasteiger partial charge in [0, 0.05) is 11.5 Å². The van der Waals surface area contributed by atoms with Crippen molar-refractivity contribution in [2.24, 2.45) is 4.99 Å². The quantitative estimate of drug-likeness (QED) is 0.434. The van der Waals surface area contributed by atoms with E-state index in [9.17, 15) is 0 Å². The van der Waals surface area contributed by atoms with E-state index in [1.54, 1.807) is 0 Å². The lowest BCUT2D eigenvalue weighted by Gasteiger charge is -2.03. The summed E-state index contributed by atoms with van der Waals surface area (Å²) in [7, 11) is 0. The molecule has 1 aromatic rings. The third-order valence-corrected chi connectivity index (χ3v) is 6.47. The Morgan fingerprint density at radius 3 is 2.05 bits per heavy atom. The maximum atomic E-state index is 4.69. The molecule has 22 heavy (non-hydrogen) atoms. The lowest BCUT2D eigenvalue weighted by atomic mass is 10.0. The molecule has 2 rings (SSSR count). The fraction of sp³-hybridized carbons (Fsp3) is 0.632. The summed E-state index contributed by atoms with van der Waals surface area (Å²) in [5.74, 6) is 2.42. The molecule has 1 saturated heterocycles. The maximum Gasteiger partial charge on any atom is 0.130 e. The molecule has 0 N–H and O–H groups in total. The molecule has 1 aromatic carbocycles. The first-order chi connectivity index (χ1) is 10.9. The molecule has 3 heteroatoms. The molecule has 0 bridgehead atoms. The summed E-state index contributed by atoms with van der Waals surface area (Å²) in [5.41, 5.74) is 2.57. The standard InChI is InChI=1S/C19H29NS2/c1-2-3-4-5-6-7-8-9-10-17-11-13-18(14-12-17)20-19-21-15-16-22-19/h11-14H,2-10,15-16H2,1H3. The minimum absolute atomic E-state index is 1.11. The molecule has 0 aliphatic carbocycles. The van der Waals surface area contributed by atoms with Crippen molar-refractivity contribution >= 4 is 33.6 Å². The second-order valence-corrected chi connectivity index (χ2v) is 8.39. The first kappa shape index (κ1) is 17.9. The van der Waals surface area contributed by atoms with Gasteiger partial charge in [0.1, 0.15) is 4.38 Å². The summed E-state index contributed by atoms with van der Waals surface area (Å²) in [4.78, 5) is 4.69. The van der Waals surface area contributed by atoms with Crippen LogP contribution in [-0.4, -0.2) is 15.9 Å². The van der Waals surface area contributed by atoms with Gasteiger partial charge in [0.2, 0.25) is 0 Å². The van der Waals surface area contributed by atoms with Gasteiger partial charge in [0.15, 0.2) is 0 Å². The van der Waals surface area contributed by atoms with Crippen LogP contribution in [0.25, 0.3) is 0 Å². The number of hydrogen-bond donors (Lipinski definition) is 0. The molecule has 122 valence electrons. The van der Waals surface area contributed by atoms with E-state index in [1.165, 1.54) is 79.2 Å². The second-order valence-electron chi connectivity index (χ2n) is 5.97. The summed E-state index contributed by atoms with van der Waals surface area (Å²) >= 11 is 3.76. The molecule has 1 nitrogen and oxygen atoms in total. The Morgan fingerprint density at radius 1 is 0.818 bits per heavy atom. The minimum atomic E-state index is 1.11. The topological polar surface area (TPSA) is 12.4 Å². The zero-order chi connectivity index (χ0) is 15.5. The maximum absolute atomic E-state index is 4.69. The number of thioether (sulfide) groups is 2. The highest BCUT2D eigenvalue weighted by Crippen LogP contribution is 2.29. The number of nitrogens with zero attached hydrogens (tertiary/aromatic N) is 1. The summed E-state index contributed by atoms with van der Waals surface area (Å²) < 4.78 is 1.23. The fourth-order valence-corrected chi connectivity index (χ4v) is 4.86. The van der Waals surface area contributed by atoms with Gasteiger partial charge in [-0.2, -0.15) is 0 Å². The number of benzene rings is 1. The van der Waals surface area contributed by atoms with Crippen molar-refractivity contribution < 1.29 is 0 Å². The van der Waals surface area contributed by atoms with Gasteiger partial charge in [-0.05, 0) is 30.5 Å². The molecule has 0 spiro atoms. The summed E-state index contributed by atoms with van der Waals surface area (Å²) in [6, 6.07) is 8.86. The van der Waals surface area contributed by atoms with E-state index in [1.807, 2.05) is 23.5 Å². The highest BCUT2D eigenvalue weighted by Gasteiger charge is 2.09. The smallest absolute Gasteiger partial charge is 0.130 e.